The minimum absolute atomic E-state index is 0.225. The molecule has 0 aliphatic carbocycles. The number of hydrogen-bond donors (Lipinski definition) is 2. The molecule has 0 saturated carbocycles. The highest BCUT2D eigenvalue weighted by atomic mass is 35.5. The Morgan fingerprint density at radius 1 is 1.55 bits per heavy atom. The first-order valence-corrected chi connectivity index (χ1v) is 7.87. The molecule has 1 aromatic rings. The number of aromatic nitrogens is 2. The average molecular weight is 328 g/mol. The van der Waals surface area contributed by atoms with Gasteiger partial charge in [0.25, 0.3) is 0 Å². The fourth-order valence-electron chi connectivity index (χ4n) is 2.02. The molecule has 1 rings (SSSR count). The van der Waals surface area contributed by atoms with E-state index in [4.69, 9.17) is 11.6 Å². The minimum atomic E-state index is -0.893. The van der Waals surface area contributed by atoms with Crippen molar-refractivity contribution in [3.63, 3.8) is 0 Å². The summed E-state index contributed by atoms with van der Waals surface area (Å²) in [5.41, 5.74) is 0.599. The van der Waals surface area contributed by atoms with Crippen LogP contribution in [0.2, 0.25) is 5.15 Å². The monoisotopic (exact) mass is 327 g/mol. The van der Waals surface area contributed by atoms with Crippen LogP contribution in [0, 0.1) is 12.8 Å². The minimum Gasteiger partial charge on any atom is -0.388 e. The molecule has 0 spiro atoms. The second-order valence-corrected chi connectivity index (χ2v) is 6.75. The lowest BCUT2D eigenvalue weighted by Gasteiger charge is -2.24. The number of aryl methyl sites for hydroxylation is 2. The first kappa shape index (κ1) is 18.7. The maximum Gasteiger partial charge on any atom is 0.244 e. The van der Waals surface area contributed by atoms with Crippen molar-refractivity contribution in [1.82, 2.24) is 15.1 Å². The number of halogens is 1. The normalized spacial score (nSPS) is 14.5. The van der Waals surface area contributed by atoms with Gasteiger partial charge in [0.15, 0.2) is 0 Å². The van der Waals surface area contributed by atoms with Gasteiger partial charge >= 0.3 is 0 Å². The van der Waals surface area contributed by atoms with Crippen molar-refractivity contribution in [1.29, 1.82) is 0 Å². The second-order valence-electron chi connectivity index (χ2n) is 6.39. The third kappa shape index (κ3) is 5.81. The van der Waals surface area contributed by atoms with Crippen molar-refractivity contribution in [3.8, 4) is 0 Å². The Bertz CT molecular complexity index is 548. The van der Waals surface area contributed by atoms with Crippen LogP contribution in [0.1, 0.15) is 44.9 Å². The van der Waals surface area contributed by atoms with E-state index >= 15 is 0 Å². The molecule has 0 fully saturated rings. The highest BCUT2D eigenvalue weighted by molar-refractivity contribution is 6.31. The van der Waals surface area contributed by atoms with Crippen molar-refractivity contribution in [2.75, 3.05) is 6.54 Å². The molecular formula is C16H26ClN3O2. The van der Waals surface area contributed by atoms with Crippen LogP contribution in [-0.2, 0) is 11.8 Å². The molecule has 0 radical (unpaired) electrons. The largest absolute Gasteiger partial charge is 0.388 e. The number of rotatable bonds is 7. The van der Waals surface area contributed by atoms with Crippen LogP contribution in [0.3, 0.4) is 0 Å². The topological polar surface area (TPSA) is 67.2 Å². The first-order chi connectivity index (χ1) is 10.1. The van der Waals surface area contributed by atoms with E-state index in [-0.39, 0.29) is 12.5 Å². The number of amides is 1. The molecule has 5 nitrogen and oxygen atoms in total. The molecule has 0 aliphatic heterocycles. The highest BCUT2D eigenvalue weighted by Crippen LogP contribution is 2.20. The molecule has 1 unspecified atom stereocenters. The van der Waals surface area contributed by atoms with Crippen LogP contribution in [-0.4, -0.2) is 32.9 Å². The van der Waals surface area contributed by atoms with Gasteiger partial charge in [0.1, 0.15) is 5.15 Å². The van der Waals surface area contributed by atoms with E-state index in [2.05, 4.69) is 24.3 Å². The smallest absolute Gasteiger partial charge is 0.244 e. The Labute approximate surface area is 137 Å². The molecule has 6 heteroatoms. The molecule has 0 aliphatic rings. The van der Waals surface area contributed by atoms with Crippen LogP contribution >= 0.6 is 11.6 Å². The second kappa shape index (κ2) is 7.79. The molecule has 0 aromatic carbocycles. The predicted octanol–water partition coefficient (Wildman–Crippen LogP) is 2.70. The summed E-state index contributed by atoms with van der Waals surface area (Å²) in [7, 11) is 1.75. The summed E-state index contributed by atoms with van der Waals surface area (Å²) >= 11 is 6.10. The van der Waals surface area contributed by atoms with Gasteiger partial charge in [-0.1, -0.05) is 25.4 Å². The first-order valence-electron chi connectivity index (χ1n) is 7.50. The fourth-order valence-corrected chi connectivity index (χ4v) is 2.26. The van der Waals surface area contributed by atoms with E-state index in [1.165, 1.54) is 6.08 Å². The molecule has 0 bridgehead atoms. The Kier molecular flexibility index (Phi) is 6.63. The van der Waals surface area contributed by atoms with Gasteiger partial charge in [0, 0.05) is 25.2 Å². The Hall–Kier alpha value is -1.33. The van der Waals surface area contributed by atoms with Gasteiger partial charge in [-0.15, -0.1) is 0 Å². The lowest BCUT2D eigenvalue weighted by Crippen LogP contribution is -2.40. The van der Waals surface area contributed by atoms with Gasteiger partial charge in [-0.25, -0.2) is 0 Å². The number of nitrogens with one attached hydrogen (secondary N) is 1. The van der Waals surface area contributed by atoms with Crippen LogP contribution < -0.4 is 5.32 Å². The lowest BCUT2D eigenvalue weighted by molar-refractivity contribution is -0.117. The van der Waals surface area contributed by atoms with Gasteiger partial charge in [0.2, 0.25) is 5.91 Å². The third-order valence-electron chi connectivity index (χ3n) is 3.50. The Balaban J connectivity index is 2.54. The third-order valence-corrected chi connectivity index (χ3v) is 3.95. The average Bonchev–Trinajstić information content (AvgIpc) is 2.66. The number of nitrogens with zero attached hydrogens (tertiary/aromatic N) is 2. The van der Waals surface area contributed by atoms with E-state index in [1.807, 2.05) is 6.92 Å². The summed E-state index contributed by atoms with van der Waals surface area (Å²) in [6.45, 7) is 8.01. The molecule has 0 saturated heterocycles. The summed E-state index contributed by atoms with van der Waals surface area (Å²) in [5.74, 6) is 0.266. The SMILES string of the molecule is Cc1nn(C)c(Cl)c1C=CC(=O)NCC(C)(O)CCC(C)C. The number of carbonyl (C=O) groups excluding carboxylic acids is 1. The Morgan fingerprint density at radius 2 is 2.18 bits per heavy atom. The molecule has 1 atom stereocenters. The van der Waals surface area contributed by atoms with Gasteiger partial charge in [-0.05, 0) is 38.7 Å². The summed E-state index contributed by atoms with van der Waals surface area (Å²) in [6.07, 6.45) is 4.63. The predicted molar refractivity (Wildman–Crippen MR) is 89.7 cm³/mol. The van der Waals surface area contributed by atoms with Gasteiger partial charge in [-0.2, -0.15) is 5.10 Å². The molecular weight excluding hydrogens is 302 g/mol. The van der Waals surface area contributed by atoms with Crippen LogP contribution in [0.4, 0.5) is 0 Å². The van der Waals surface area contributed by atoms with E-state index < -0.39 is 5.60 Å². The fraction of sp³-hybridized carbons (Fsp3) is 0.625. The number of hydrogen-bond acceptors (Lipinski definition) is 3. The van der Waals surface area contributed by atoms with Crippen LogP contribution in [0.5, 0.6) is 0 Å². The number of carbonyl (C=O) groups is 1. The molecule has 2 N–H and O–H groups in total. The van der Waals surface area contributed by atoms with Gasteiger partial charge in [-0.3, -0.25) is 9.48 Å². The molecule has 22 heavy (non-hydrogen) atoms. The van der Waals surface area contributed by atoms with E-state index in [0.717, 1.165) is 17.7 Å². The van der Waals surface area contributed by atoms with E-state index in [0.29, 0.717) is 17.5 Å². The van der Waals surface area contributed by atoms with Gasteiger partial charge in [0.05, 0.1) is 11.3 Å². The summed E-state index contributed by atoms with van der Waals surface area (Å²) in [5, 5.41) is 17.6. The quantitative estimate of drug-likeness (QED) is 0.757. The summed E-state index contributed by atoms with van der Waals surface area (Å²) < 4.78 is 1.56. The zero-order valence-electron chi connectivity index (χ0n) is 14.0. The summed E-state index contributed by atoms with van der Waals surface area (Å²) in [6, 6.07) is 0. The van der Waals surface area contributed by atoms with Crippen molar-refractivity contribution in [3.05, 3.63) is 22.5 Å². The summed E-state index contributed by atoms with van der Waals surface area (Å²) in [4.78, 5) is 11.9. The maximum absolute atomic E-state index is 11.9. The number of aliphatic hydroxyl groups is 1. The Morgan fingerprint density at radius 3 is 2.68 bits per heavy atom. The van der Waals surface area contributed by atoms with E-state index in [9.17, 15) is 9.90 Å². The van der Waals surface area contributed by atoms with Crippen LogP contribution in [0.15, 0.2) is 6.08 Å². The maximum atomic E-state index is 11.9. The molecule has 1 aromatic heterocycles. The van der Waals surface area contributed by atoms with E-state index in [1.54, 1.807) is 24.7 Å². The lowest BCUT2D eigenvalue weighted by atomic mass is 9.95. The van der Waals surface area contributed by atoms with Gasteiger partial charge < -0.3 is 10.4 Å². The van der Waals surface area contributed by atoms with Crippen molar-refractivity contribution in [2.45, 2.75) is 46.1 Å². The van der Waals surface area contributed by atoms with Crippen molar-refractivity contribution in [2.24, 2.45) is 13.0 Å². The molecule has 124 valence electrons. The molecule has 1 heterocycles. The zero-order valence-corrected chi connectivity index (χ0v) is 14.7. The highest BCUT2D eigenvalue weighted by Gasteiger charge is 2.20. The standard InChI is InChI=1S/C16H26ClN3O2/c1-11(2)8-9-16(4,22)10-18-14(21)7-6-13-12(3)19-20(5)15(13)17/h6-7,11,22H,8-10H2,1-5H3,(H,18,21). The van der Waals surface area contributed by atoms with Crippen LogP contribution in [0.25, 0.3) is 6.08 Å². The van der Waals surface area contributed by atoms with Crippen molar-refractivity contribution < 1.29 is 9.90 Å². The molecule has 1 amide bonds. The zero-order chi connectivity index (χ0) is 16.9. The van der Waals surface area contributed by atoms with Crippen molar-refractivity contribution >= 4 is 23.6 Å².